The summed E-state index contributed by atoms with van der Waals surface area (Å²) in [5, 5.41) is 5.21. The molecule has 21 heavy (non-hydrogen) atoms. The fourth-order valence-electron chi connectivity index (χ4n) is 1.49. The maximum Gasteiger partial charge on any atom is 0.319 e. The van der Waals surface area contributed by atoms with Crippen LogP contribution in [0.4, 0.5) is 10.5 Å². The Balaban J connectivity index is 2.45. The van der Waals surface area contributed by atoms with E-state index in [0.717, 1.165) is 0 Å². The van der Waals surface area contributed by atoms with Gasteiger partial charge in [-0.05, 0) is 26.0 Å². The van der Waals surface area contributed by atoms with E-state index in [9.17, 15) is 9.59 Å². The van der Waals surface area contributed by atoms with Gasteiger partial charge in [0.2, 0.25) is 5.88 Å². The summed E-state index contributed by atoms with van der Waals surface area (Å²) in [7, 11) is 1.47. The van der Waals surface area contributed by atoms with E-state index in [-0.39, 0.29) is 18.6 Å². The van der Waals surface area contributed by atoms with Gasteiger partial charge in [0.25, 0.3) is 0 Å². The molecule has 7 nitrogen and oxygen atoms in total. The number of anilines is 1. The van der Waals surface area contributed by atoms with E-state index in [4.69, 9.17) is 9.47 Å². The van der Waals surface area contributed by atoms with Gasteiger partial charge in [0.1, 0.15) is 5.69 Å². The van der Waals surface area contributed by atoms with Gasteiger partial charge in [-0.15, -0.1) is 0 Å². The number of hydrogen-bond acceptors (Lipinski definition) is 5. The van der Waals surface area contributed by atoms with Crippen molar-refractivity contribution in [2.75, 3.05) is 19.0 Å². The Morgan fingerprint density at radius 3 is 2.67 bits per heavy atom. The third-order valence-electron chi connectivity index (χ3n) is 2.54. The molecule has 7 heteroatoms. The van der Waals surface area contributed by atoms with Gasteiger partial charge in [-0.1, -0.05) is 6.92 Å². The maximum absolute atomic E-state index is 11.8. The van der Waals surface area contributed by atoms with Gasteiger partial charge in [-0.25, -0.2) is 9.78 Å². The molecule has 1 aromatic heterocycles. The first kappa shape index (κ1) is 16.7. The number of carbonyl (C=O) groups is 2. The normalized spacial score (nSPS) is 11.7. The number of esters is 1. The Hall–Kier alpha value is -2.31. The fraction of sp³-hybridized carbons (Fsp3) is 0.500. The van der Waals surface area contributed by atoms with Crippen molar-refractivity contribution in [1.29, 1.82) is 0 Å². The molecule has 116 valence electrons. The Bertz CT molecular complexity index is 491. The Kier molecular flexibility index (Phi) is 6.45. The molecule has 1 heterocycles. The van der Waals surface area contributed by atoms with Crippen molar-refractivity contribution in [3.8, 4) is 5.88 Å². The predicted octanol–water partition coefficient (Wildman–Crippen LogP) is 1.80. The number of rotatable bonds is 6. The van der Waals surface area contributed by atoms with E-state index in [1.54, 1.807) is 39.1 Å². The lowest BCUT2D eigenvalue weighted by molar-refractivity contribution is -0.151. The van der Waals surface area contributed by atoms with Crippen LogP contribution in [0.2, 0.25) is 0 Å². The molecule has 0 aliphatic rings. The van der Waals surface area contributed by atoms with Crippen molar-refractivity contribution in [3.63, 3.8) is 0 Å². The number of hydrogen-bond donors (Lipinski definition) is 2. The van der Waals surface area contributed by atoms with Crippen molar-refractivity contribution >= 4 is 17.7 Å². The van der Waals surface area contributed by atoms with Gasteiger partial charge in [-0.3, -0.25) is 4.79 Å². The smallest absolute Gasteiger partial charge is 0.319 e. The number of urea groups is 1. The van der Waals surface area contributed by atoms with Gasteiger partial charge in [0.15, 0.2) is 0 Å². The third-order valence-corrected chi connectivity index (χ3v) is 2.54. The minimum absolute atomic E-state index is 0.173. The number of nitrogens with one attached hydrogen (secondary N) is 2. The zero-order chi connectivity index (χ0) is 15.8. The number of ether oxygens (including phenoxy) is 2. The zero-order valence-electron chi connectivity index (χ0n) is 12.7. The van der Waals surface area contributed by atoms with Gasteiger partial charge in [0, 0.05) is 12.7 Å². The van der Waals surface area contributed by atoms with Gasteiger partial charge >= 0.3 is 12.0 Å². The lowest BCUT2D eigenvalue weighted by atomic mass is 10.2. The van der Waals surface area contributed by atoms with Gasteiger partial charge in [-0.2, -0.15) is 0 Å². The van der Waals surface area contributed by atoms with E-state index in [1.165, 1.54) is 7.11 Å². The molecule has 0 radical (unpaired) electrons. The van der Waals surface area contributed by atoms with Crippen LogP contribution in [0.15, 0.2) is 18.3 Å². The first-order valence-corrected chi connectivity index (χ1v) is 6.68. The predicted molar refractivity (Wildman–Crippen MR) is 78.2 cm³/mol. The number of carbonyl (C=O) groups excluding carboxylic acids is 2. The second-order valence-electron chi connectivity index (χ2n) is 4.78. The molecule has 0 saturated carbocycles. The molecule has 0 aromatic carbocycles. The van der Waals surface area contributed by atoms with Gasteiger partial charge < -0.3 is 20.1 Å². The van der Waals surface area contributed by atoms with Gasteiger partial charge in [0.05, 0.1) is 19.1 Å². The highest BCUT2D eigenvalue weighted by Gasteiger charge is 2.17. The second kappa shape index (κ2) is 8.08. The summed E-state index contributed by atoms with van der Waals surface area (Å²) >= 11 is 0. The van der Waals surface area contributed by atoms with Crippen molar-refractivity contribution in [2.24, 2.45) is 5.92 Å². The van der Waals surface area contributed by atoms with Crippen LogP contribution < -0.4 is 15.4 Å². The average Bonchev–Trinajstić information content (AvgIpc) is 2.44. The van der Waals surface area contributed by atoms with Crippen LogP contribution in [0.5, 0.6) is 5.88 Å². The fourth-order valence-corrected chi connectivity index (χ4v) is 1.49. The highest BCUT2D eigenvalue weighted by Crippen LogP contribution is 2.19. The Morgan fingerprint density at radius 2 is 2.05 bits per heavy atom. The summed E-state index contributed by atoms with van der Waals surface area (Å²) in [6.07, 6.45) is 1.39. The largest absolute Gasteiger partial charge is 0.480 e. The van der Waals surface area contributed by atoms with E-state index < -0.39 is 11.9 Å². The van der Waals surface area contributed by atoms with Crippen LogP contribution in [0.3, 0.4) is 0 Å². The maximum atomic E-state index is 11.8. The molecule has 0 spiro atoms. The molecule has 1 atom stereocenters. The van der Waals surface area contributed by atoms with Crippen molar-refractivity contribution < 1.29 is 19.1 Å². The van der Waals surface area contributed by atoms with E-state index in [2.05, 4.69) is 15.6 Å². The van der Waals surface area contributed by atoms with E-state index in [1.807, 2.05) is 0 Å². The summed E-state index contributed by atoms with van der Waals surface area (Å²) in [4.78, 5) is 27.3. The summed E-state index contributed by atoms with van der Waals surface area (Å²) in [5.41, 5.74) is 0.454. The average molecular weight is 295 g/mol. The molecule has 2 N–H and O–H groups in total. The van der Waals surface area contributed by atoms with Crippen molar-refractivity contribution in [2.45, 2.75) is 26.9 Å². The molecule has 1 aromatic rings. The third kappa shape index (κ3) is 5.68. The summed E-state index contributed by atoms with van der Waals surface area (Å²) in [6.45, 7) is 5.43. The zero-order valence-corrected chi connectivity index (χ0v) is 12.7. The number of pyridine rings is 1. The molecule has 0 fully saturated rings. The monoisotopic (exact) mass is 295 g/mol. The van der Waals surface area contributed by atoms with Crippen molar-refractivity contribution in [3.05, 3.63) is 18.3 Å². The number of aromatic nitrogens is 1. The number of methoxy groups -OCH3 is 1. The highest BCUT2D eigenvalue weighted by molar-refractivity contribution is 5.90. The molecular weight excluding hydrogens is 274 g/mol. The standard InChI is InChI=1S/C14H21N3O4/c1-9(2)21-13(18)10(3)8-16-14(19)17-11-6-5-7-15-12(11)20-4/h5-7,9-10H,8H2,1-4H3,(H2,16,17,19)/t10-/m0/s1. The van der Waals surface area contributed by atoms with Crippen molar-refractivity contribution in [1.82, 2.24) is 10.3 Å². The minimum Gasteiger partial charge on any atom is -0.480 e. The first-order valence-electron chi connectivity index (χ1n) is 6.68. The van der Waals surface area contributed by atoms with E-state index in [0.29, 0.717) is 11.6 Å². The lowest BCUT2D eigenvalue weighted by Crippen LogP contribution is -2.35. The quantitative estimate of drug-likeness (QED) is 0.781. The van der Waals surface area contributed by atoms with E-state index >= 15 is 0 Å². The van der Waals surface area contributed by atoms with Crippen LogP contribution in [-0.4, -0.2) is 36.7 Å². The van der Waals surface area contributed by atoms with Crippen LogP contribution in [-0.2, 0) is 9.53 Å². The highest BCUT2D eigenvalue weighted by atomic mass is 16.5. The van der Waals surface area contributed by atoms with Crippen LogP contribution in [0, 0.1) is 5.92 Å². The second-order valence-corrected chi connectivity index (χ2v) is 4.78. The topological polar surface area (TPSA) is 89.5 Å². The van der Waals surface area contributed by atoms with Crippen LogP contribution in [0.1, 0.15) is 20.8 Å². The number of nitrogens with zero attached hydrogens (tertiary/aromatic N) is 1. The molecular formula is C14H21N3O4. The van der Waals surface area contributed by atoms with Crippen LogP contribution in [0.25, 0.3) is 0 Å². The summed E-state index contributed by atoms with van der Waals surface area (Å²) < 4.78 is 10.1. The Morgan fingerprint density at radius 1 is 1.33 bits per heavy atom. The SMILES string of the molecule is COc1ncccc1NC(=O)NC[C@H](C)C(=O)OC(C)C. The Labute approximate surface area is 124 Å². The molecule has 2 amide bonds. The minimum atomic E-state index is -0.439. The van der Waals surface area contributed by atoms with Crippen LogP contribution >= 0.6 is 0 Å². The molecule has 0 unspecified atom stereocenters. The lowest BCUT2D eigenvalue weighted by Gasteiger charge is -2.15. The first-order chi connectivity index (χ1) is 9.93. The molecule has 0 saturated heterocycles. The molecule has 0 aliphatic carbocycles. The molecule has 0 bridgehead atoms. The summed E-state index contributed by atoms with van der Waals surface area (Å²) in [5.74, 6) is -0.446. The number of amides is 2. The molecule has 1 rings (SSSR count). The molecule has 0 aliphatic heterocycles. The summed E-state index contributed by atoms with van der Waals surface area (Å²) in [6, 6.07) is 2.91.